The van der Waals surface area contributed by atoms with Crippen molar-refractivity contribution >= 4 is 23.6 Å². The van der Waals surface area contributed by atoms with Crippen LogP contribution >= 0.6 is 0 Å². The summed E-state index contributed by atoms with van der Waals surface area (Å²) in [5, 5.41) is 5.81. The molecular formula is C30H43N3O4. The van der Waals surface area contributed by atoms with Crippen LogP contribution in [0, 0.1) is 33.6 Å². The minimum atomic E-state index is -0.905. The number of rotatable bonds is 8. The Morgan fingerprint density at radius 2 is 1.54 bits per heavy atom. The second-order valence-corrected chi connectivity index (χ2v) is 11.0. The molecule has 0 aliphatic heterocycles. The van der Waals surface area contributed by atoms with Crippen molar-refractivity contribution in [3.8, 4) is 0 Å². The van der Waals surface area contributed by atoms with Gasteiger partial charge in [-0.15, -0.1) is 0 Å². The van der Waals surface area contributed by atoms with Gasteiger partial charge in [0.2, 0.25) is 5.91 Å². The second kappa shape index (κ2) is 12.3. The second-order valence-electron chi connectivity index (χ2n) is 11.0. The Labute approximate surface area is 222 Å². The number of likely N-dealkylation sites (N-methyl/N-ethyl adjacent to an activating group) is 1. The average molecular weight is 510 g/mol. The number of benzene rings is 2. The average Bonchev–Trinajstić information content (AvgIpc) is 2.80. The molecule has 202 valence electrons. The van der Waals surface area contributed by atoms with Gasteiger partial charge in [0.25, 0.3) is 5.91 Å². The number of hydrogen-bond donors (Lipinski definition) is 2. The van der Waals surface area contributed by atoms with Crippen LogP contribution in [0.4, 0.5) is 10.5 Å². The van der Waals surface area contributed by atoms with E-state index in [4.69, 9.17) is 4.74 Å². The topological polar surface area (TPSA) is 87.7 Å². The Morgan fingerprint density at radius 1 is 0.946 bits per heavy atom. The predicted octanol–water partition coefficient (Wildman–Crippen LogP) is 6.00. The number of carbonyl (C=O) groups excluding carboxylic acids is 3. The van der Waals surface area contributed by atoms with Gasteiger partial charge in [-0.05, 0) is 82.2 Å². The fraction of sp³-hybridized carbons (Fsp3) is 0.500. The molecule has 0 radical (unpaired) electrons. The zero-order valence-electron chi connectivity index (χ0n) is 24.0. The van der Waals surface area contributed by atoms with E-state index in [1.807, 2.05) is 77.9 Å². The van der Waals surface area contributed by atoms with Crippen molar-refractivity contribution < 1.29 is 19.1 Å². The lowest BCUT2D eigenvalue weighted by atomic mass is 9.95. The van der Waals surface area contributed by atoms with Crippen LogP contribution in [0.2, 0.25) is 0 Å². The first kappa shape index (κ1) is 29.9. The number of hydrogen-bond acceptors (Lipinski definition) is 4. The quantitative estimate of drug-likeness (QED) is 0.457. The van der Waals surface area contributed by atoms with Gasteiger partial charge < -0.3 is 20.3 Å². The van der Waals surface area contributed by atoms with Crippen LogP contribution in [0.1, 0.15) is 74.9 Å². The van der Waals surface area contributed by atoms with Gasteiger partial charge in [-0.25, -0.2) is 4.79 Å². The summed E-state index contributed by atoms with van der Waals surface area (Å²) in [7, 11) is 1.61. The zero-order valence-corrected chi connectivity index (χ0v) is 24.0. The molecule has 3 amide bonds. The Morgan fingerprint density at radius 3 is 2.05 bits per heavy atom. The summed E-state index contributed by atoms with van der Waals surface area (Å²) in [5.41, 5.74) is 4.71. The van der Waals surface area contributed by atoms with E-state index in [-0.39, 0.29) is 17.7 Å². The number of anilines is 1. The Kier molecular flexibility index (Phi) is 9.90. The Bertz CT molecular complexity index is 1120. The molecule has 7 heteroatoms. The summed E-state index contributed by atoms with van der Waals surface area (Å²) in [6, 6.07) is 9.82. The van der Waals surface area contributed by atoms with Crippen LogP contribution in [0.5, 0.6) is 0 Å². The summed E-state index contributed by atoms with van der Waals surface area (Å²) < 4.78 is 5.42. The van der Waals surface area contributed by atoms with Crippen LogP contribution in [0.15, 0.2) is 36.4 Å². The maximum atomic E-state index is 13.9. The van der Waals surface area contributed by atoms with E-state index >= 15 is 0 Å². The molecule has 0 aliphatic carbocycles. The van der Waals surface area contributed by atoms with E-state index in [2.05, 4.69) is 10.6 Å². The van der Waals surface area contributed by atoms with Crippen molar-refractivity contribution in [1.82, 2.24) is 10.2 Å². The van der Waals surface area contributed by atoms with Crippen molar-refractivity contribution in [2.24, 2.45) is 5.92 Å². The van der Waals surface area contributed by atoms with E-state index in [0.29, 0.717) is 12.0 Å². The number of amides is 3. The molecule has 3 atom stereocenters. The summed E-state index contributed by atoms with van der Waals surface area (Å²) in [6.45, 7) is 17.0. The molecule has 0 aliphatic rings. The molecule has 0 spiro atoms. The van der Waals surface area contributed by atoms with E-state index in [0.717, 1.165) is 27.9 Å². The minimum absolute atomic E-state index is 0.176. The highest BCUT2D eigenvalue weighted by Crippen LogP contribution is 2.28. The fourth-order valence-corrected chi connectivity index (χ4v) is 4.15. The number of alkyl carbamates (subject to hydrolysis) is 1. The number of para-hydroxylation sites is 1. The molecule has 0 heterocycles. The molecule has 0 fully saturated rings. The lowest BCUT2D eigenvalue weighted by molar-refractivity contribution is -0.140. The summed E-state index contributed by atoms with van der Waals surface area (Å²) in [6.07, 6.45) is -0.00886. The summed E-state index contributed by atoms with van der Waals surface area (Å²) in [4.78, 5) is 41.7. The van der Waals surface area contributed by atoms with Gasteiger partial charge in [0.1, 0.15) is 17.7 Å². The Balaban J connectivity index is 2.48. The van der Waals surface area contributed by atoms with Crippen molar-refractivity contribution in [2.45, 2.75) is 86.4 Å². The molecule has 7 nitrogen and oxygen atoms in total. The van der Waals surface area contributed by atoms with Crippen LogP contribution in [0.3, 0.4) is 0 Å². The highest BCUT2D eigenvalue weighted by atomic mass is 16.6. The predicted molar refractivity (Wildman–Crippen MR) is 149 cm³/mol. The third-order valence-corrected chi connectivity index (χ3v) is 6.71. The van der Waals surface area contributed by atoms with Gasteiger partial charge in [0.15, 0.2) is 0 Å². The molecule has 2 aromatic carbocycles. The van der Waals surface area contributed by atoms with Crippen LogP contribution in [-0.2, 0) is 14.3 Å². The van der Waals surface area contributed by atoms with Gasteiger partial charge in [-0.2, -0.15) is 0 Å². The van der Waals surface area contributed by atoms with Crippen LogP contribution in [-0.4, -0.2) is 41.5 Å². The maximum absolute atomic E-state index is 13.9. The van der Waals surface area contributed by atoms with E-state index in [1.165, 1.54) is 4.90 Å². The molecule has 0 saturated carbocycles. The number of aryl methyl sites for hydroxylation is 4. The molecule has 2 aromatic rings. The van der Waals surface area contributed by atoms with Gasteiger partial charge >= 0.3 is 6.09 Å². The molecule has 0 saturated heterocycles. The van der Waals surface area contributed by atoms with Gasteiger partial charge in [0.05, 0.1) is 0 Å². The van der Waals surface area contributed by atoms with E-state index < -0.39 is 23.8 Å². The molecule has 2 N–H and O–H groups in total. The molecule has 2 rings (SSSR count). The number of nitrogens with one attached hydrogen (secondary N) is 2. The van der Waals surface area contributed by atoms with E-state index in [9.17, 15) is 14.4 Å². The van der Waals surface area contributed by atoms with Gasteiger partial charge in [-0.3, -0.25) is 9.59 Å². The minimum Gasteiger partial charge on any atom is -0.444 e. The molecule has 0 bridgehead atoms. The lowest BCUT2D eigenvalue weighted by Gasteiger charge is -2.34. The first-order chi connectivity index (χ1) is 17.2. The largest absolute Gasteiger partial charge is 0.444 e. The highest BCUT2D eigenvalue weighted by Gasteiger charge is 2.36. The normalized spacial score (nSPS) is 13.8. The first-order valence-electron chi connectivity index (χ1n) is 12.9. The maximum Gasteiger partial charge on any atom is 0.408 e. The number of ether oxygens (including phenoxy) is 1. The van der Waals surface area contributed by atoms with E-state index in [1.54, 1.807) is 27.8 Å². The van der Waals surface area contributed by atoms with Crippen molar-refractivity contribution in [2.75, 3.05) is 12.4 Å². The fourth-order valence-electron chi connectivity index (χ4n) is 4.15. The SMILES string of the molecule is CCC(C)C(NC(=O)OC(C)(C)C)C(=O)N(C)C(C(=O)Nc1c(C)cccc1C)c1ccc(C)c(C)c1. The molecular weight excluding hydrogens is 466 g/mol. The molecule has 0 aromatic heterocycles. The van der Waals surface area contributed by atoms with Crippen molar-refractivity contribution in [3.63, 3.8) is 0 Å². The molecule has 3 unspecified atom stereocenters. The highest BCUT2D eigenvalue weighted by molar-refractivity contribution is 5.99. The van der Waals surface area contributed by atoms with Gasteiger partial charge in [0, 0.05) is 12.7 Å². The standard InChI is InChI=1S/C30H43N3O4/c1-11-18(2)25(32-29(36)37-30(7,8)9)28(35)33(10)26(23-16-15-19(3)22(6)17-23)27(34)31-24-20(4)13-12-14-21(24)5/h12-18,25-26H,11H2,1-10H3,(H,31,34)(H,32,36). The monoisotopic (exact) mass is 509 g/mol. The first-order valence-corrected chi connectivity index (χ1v) is 12.9. The smallest absolute Gasteiger partial charge is 0.408 e. The lowest BCUT2D eigenvalue weighted by Crippen LogP contribution is -2.53. The third-order valence-electron chi connectivity index (χ3n) is 6.71. The summed E-state index contributed by atoms with van der Waals surface area (Å²) >= 11 is 0. The number of nitrogens with zero attached hydrogens (tertiary/aromatic N) is 1. The van der Waals surface area contributed by atoms with Crippen molar-refractivity contribution in [1.29, 1.82) is 0 Å². The van der Waals surface area contributed by atoms with Gasteiger partial charge in [-0.1, -0.05) is 56.7 Å². The summed E-state index contributed by atoms with van der Waals surface area (Å²) in [5.74, 6) is -0.860. The molecule has 37 heavy (non-hydrogen) atoms. The zero-order chi connectivity index (χ0) is 28.1. The Hall–Kier alpha value is -3.35. The number of carbonyl (C=O) groups is 3. The van der Waals surface area contributed by atoms with Crippen LogP contribution < -0.4 is 10.6 Å². The van der Waals surface area contributed by atoms with Crippen LogP contribution in [0.25, 0.3) is 0 Å². The third kappa shape index (κ3) is 7.81. The van der Waals surface area contributed by atoms with Crippen molar-refractivity contribution in [3.05, 3.63) is 64.2 Å².